The molecule has 0 spiro atoms. The number of carboxylic acids is 2. The van der Waals surface area contributed by atoms with Crippen LogP contribution < -0.4 is 9.47 Å². The zero-order valence-corrected chi connectivity index (χ0v) is 24.4. The Labute approximate surface area is 259 Å². The van der Waals surface area contributed by atoms with Gasteiger partial charge in [0.25, 0.3) is 0 Å². The zero-order valence-electron chi connectivity index (χ0n) is 24.4. The second kappa shape index (κ2) is 17.1. The van der Waals surface area contributed by atoms with Gasteiger partial charge in [0.15, 0.2) is 23.8 Å². The number of allylic oxidation sites excluding steroid dienone is 2. The largest absolute Gasteiger partial charge is 0.479 e. The number of benzene rings is 4. The lowest BCUT2D eigenvalue weighted by atomic mass is 10.1. The number of halogens is 3. The standard InChI is InChI=1S/C18H16F2O3.C18H17FO3/c1-2-3-4-17(18(21)22)23-14-8-5-12(6-9-14)13-7-10-15(19)16(20)11-13;1-2-3-7-17(18(20)21)22-16-10-8-13(9-11-16)14-5-4-6-15(19)12-14/h2,5-11,17H,1,3-4H2,(H,21,22);2,4-6,8-12,17H,1,3,7H2,(H,20,21). The third-order valence-electron chi connectivity index (χ3n) is 6.49. The molecule has 0 aromatic heterocycles. The van der Waals surface area contributed by atoms with Gasteiger partial charge in [0, 0.05) is 0 Å². The quantitative estimate of drug-likeness (QED) is 0.137. The van der Waals surface area contributed by atoms with Gasteiger partial charge in [-0.2, -0.15) is 0 Å². The molecule has 0 saturated carbocycles. The summed E-state index contributed by atoms with van der Waals surface area (Å²) in [6, 6.07) is 23.4. The van der Waals surface area contributed by atoms with Gasteiger partial charge in [0.05, 0.1) is 0 Å². The third-order valence-corrected chi connectivity index (χ3v) is 6.49. The molecule has 4 aromatic carbocycles. The first-order valence-corrected chi connectivity index (χ1v) is 14.0. The Hall–Kier alpha value is -5.31. The summed E-state index contributed by atoms with van der Waals surface area (Å²) in [6.07, 6.45) is 3.22. The lowest BCUT2D eigenvalue weighted by Gasteiger charge is -2.14. The number of hydrogen-bond acceptors (Lipinski definition) is 4. The molecule has 2 N–H and O–H groups in total. The highest BCUT2D eigenvalue weighted by molar-refractivity contribution is 5.73. The van der Waals surface area contributed by atoms with Crippen LogP contribution in [0.1, 0.15) is 25.7 Å². The third kappa shape index (κ3) is 10.7. The van der Waals surface area contributed by atoms with Gasteiger partial charge in [-0.15, -0.1) is 13.2 Å². The Kier molecular flexibility index (Phi) is 13.0. The monoisotopic (exact) mass is 618 g/mol. The van der Waals surface area contributed by atoms with Crippen LogP contribution in [0, 0.1) is 17.5 Å². The van der Waals surface area contributed by atoms with Gasteiger partial charge >= 0.3 is 11.9 Å². The summed E-state index contributed by atoms with van der Waals surface area (Å²) < 4.78 is 50.3. The van der Waals surface area contributed by atoms with Crippen molar-refractivity contribution in [3.05, 3.63) is 134 Å². The van der Waals surface area contributed by atoms with Crippen molar-refractivity contribution < 1.29 is 42.4 Å². The van der Waals surface area contributed by atoms with Crippen LogP contribution in [-0.2, 0) is 9.59 Å². The van der Waals surface area contributed by atoms with Crippen LogP contribution in [0.2, 0.25) is 0 Å². The fourth-order valence-electron chi connectivity index (χ4n) is 4.13. The van der Waals surface area contributed by atoms with E-state index in [2.05, 4.69) is 13.2 Å². The van der Waals surface area contributed by atoms with Crippen molar-refractivity contribution in [2.75, 3.05) is 0 Å². The van der Waals surface area contributed by atoms with Crippen molar-refractivity contribution >= 4 is 11.9 Å². The molecule has 45 heavy (non-hydrogen) atoms. The summed E-state index contributed by atoms with van der Waals surface area (Å²) in [7, 11) is 0. The number of hydrogen-bond donors (Lipinski definition) is 2. The van der Waals surface area contributed by atoms with Crippen LogP contribution in [-0.4, -0.2) is 34.4 Å². The van der Waals surface area contributed by atoms with Crippen LogP contribution in [0.4, 0.5) is 13.2 Å². The molecular formula is C36H33F3O6. The van der Waals surface area contributed by atoms with Crippen LogP contribution in [0.25, 0.3) is 22.3 Å². The first-order chi connectivity index (χ1) is 21.6. The van der Waals surface area contributed by atoms with E-state index in [0.29, 0.717) is 48.3 Å². The minimum Gasteiger partial charge on any atom is -0.479 e. The van der Waals surface area contributed by atoms with Gasteiger partial charge in [-0.25, -0.2) is 22.8 Å². The predicted octanol–water partition coefficient (Wildman–Crippen LogP) is 8.72. The fraction of sp³-hybridized carbons (Fsp3) is 0.167. The molecule has 234 valence electrons. The van der Waals surface area contributed by atoms with E-state index in [1.165, 1.54) is 18.2 Å². The molecule has 0 heterocycles. The minimum absolute atomic E-state index is 0.298. The van der Waals surface area contributed by atoms with Gasteiger partial charge in [-0.1, -0.05) is 54.6 Å². The number of aliphatic carboxylic acids is 2. The van der Waals surface area contributed by atoms with Crippen LogP contribution >= 0.6 is 0 Å². The first kappa shape index (κ1) is 34.2. The summed E-state index contributed by atoms with van der Waals surface area (Å²) >= 11 is 0. The molecule has 9 heteroatoms. The van der Waals surface area contributed by atoms with Crippen molar-refractivity contribution in [2.24, 2.45) is 0 Å². The molecule has 6 nitrogen and oxygen atoms in total. The van der Waals surface area contributed by atoms with E-state index in [-0.39, 0.29) is 5.82 Å². The highest BCUT2D eigenvalue weighted by Gasteiger charge is 2.19. The molecule has 0 radical (unpaired) electrons. The van der Waals surface area contributed by atoms with E-state index in [1.807, 2.05) is 6.07 Å². The van der Waals surface area contributed by atoms with Crippen molar-refractivity contribution in [3.8, 4) is 33.8 Å². The average molecular weight is 619 g/mol. The normalized spacial score (nSPS) is 11.7. The molecule has 0 fully saturated rings. The van der Waals surface area contributed by atoms with Crippen molar-refractivity contribution in [1.29, 1.82) is 0 Å². The molecule has 0 saturated heterocycles. The van der Waals surface area contributed by atoms with E-state index < -0.39 is 35.8 Å². The molecule has 0 amide bonds. The maximum atomic E-state index is 13.3. The summed E-state index contributed by atoms with van der Waals surface area (Å²) in [6.45, 7) is 7.12. The molecule has 4 rings (SSSR count). The molecule has 2 unspecified atom stereocenters. The maximum absolute atomic E-state index is 13.3. The molecule has 4 aromatic rings. The maximum Gasteiger partial charge on any atom is 0.344 e. The number of carboxylic acid groups (broad SMARTS) is 2. The highest BCUT2D eigenvalue weighted by atomic mass is 19.2. The first-order valence-electron chi connectivity index (χ1n) is 14.0. The SMILES string of the molecule is C=CCCC(Oc1ccc(-c2ccc(F)c(F)c2)cc1)C(=O)O.C=CCCC(Oc1ccc(-c2cccc(F)c2)cc1)C(=O)O. The molecular weight excluding hydrogens is 585 g/mol. The number of ether oxygens (including phenoxy) is 2. The van der Waals surface area contributed by atoms with E-state index in [9.17, 15) is 22.8 Å². The van der Waals surface area contributed by atoms with Gasteiger partial charge in [-0.3, -0.25) is 0 Å². The molecule has 0 bridgehead atoms. The minimum atomic E-state index is -1.04. The van der Waals surface area contributed by atoms with Crippen LogP contribution in [0.5, 0.6) is 11.5 Å². The Balaban J connectivity index is 0.000000246. The molecule has 0 aliphatic carbocycles. The fourth-order valence-corrected chi connectivity index (χ4v) is 4.13. The number of rotatable bonds is 14. The Morgan fingerprint density at radius 3 is 1.47 bits per heavy atom. The summed E-state index contributed by atoms with van der Waals surface area (Å²) in [4.78, 5) is 22.3. The summed E-state index contributed by atoms with van der Waals surface area (Å²) in [5.41, 5.74) is 2.80. The Morgan fingerprint density at radius 2 is 1.07 bits per heavy atom. The van der Waals surface area contributed by atoms with Crippen molar-refractivity contribution in [2.45, 2.75) is 37.9 Å². The van der Waals surface area contributed by atoms with Gasteiger partial charge in [-0.05, 0) is 96.5 Å². The smallest absolute Gasteiger partial charge is 0.344 e. The topological polar surface area (TPSA) is 93.1 Å². The van der Waals surface area contributed by atoms with Crippen LogP contribution in [0.3, 0.4) is 0 Å². The molecule has 0 aliphatic rings. The van der Waals surface area contributed by atoms with Gasteiger partial charge < -0.3 is 19.7 Å². The van der Waals surface area contributed by atoms with Gasteiger partial charge in [0.1, 0.15) is 17.3 Å². The number of carbonyl (C=O) groups is 2. The lowest BCUT2D eigenvalue weighted by molar-refractivity contribution is -0.146. The Bertz CT molecular complexity index is 1590. The van der Waals surface area contributed by atoms with Crippen molar-refractivity contribution in [1.82, 2.24) is 0 Å². The molecule has 2 atom stereocenters. The highest BCUT2D eigenvalue weighted by Crippen LogP contribution is 2.26. The Morgan fingerprint density at radius 1 is 0.622 bits per heavy atom. The van der Waals surface area contributed by atoms with E-state index in [4.69, 9.17) is 19.7 Å². The second-order valence-corrected chi connectivity index (χ2v) is 9.81. The molecule has 0 aliphatic heterocycles. The van der Waals surface area contributed by atoms with E-state index >= 15 is 0 Å². The lowest BCUT2D eigenvalue weighted by Crippen LogP contribution is -2.26. The van der Waals surface area contributed by atoms with E-state index in [1.54, 1.807) is 66.7 Å². The van der Waals surface area contributed by atoms with Crippen LogP contribution in [0.15, 0.2) is 116 Å². The zero-order chi connectivity index (χ0) is 32.8. The summed E-state index contributed by atoms with van der Waals surface area (Å²) in [5, 5.41) is 18.2. The van der Waals surface area contributed by atoms with E-state index in [0.717, 1.165) is 23.3 Å². The van der Waals surface area contributed by atoms with Crippen molar-refractivity contribution in [3.63, 3.8) is 0 Å². The summed E-state index contributed by atoms with van der Waals surface area (Å²) in [5.74, 6) is -3.30. The predicted molar refractivity (Wildman–Crippen MR) is 167 cm³/mol. The second-order valence-electron chi connectivity index (χ2n) is 9.81. The van der Waals surface area contributed by atoms with Gasteiger partial charge in [0.2, 0.25) is 0 Å². The average Bonchev–Trinajstić information content (AvgIpc) is 3.03.